The molecule has 134 valence electrons. The van der Waals surface area contributed by atoms with E-state index in [0.29, 0.717) is 11.6 Å². The van der Waals surface area contributed by atoms with Crippen LogP contribution in [0, 0.1) is 11.3 Å². The van der Waals surface area contributed by atoms with Crippen molar-refractivity contribution in [3.63, 3.8) is 0 Å². The Morgan fingerprint density at radius 2 is 2.38 bits per heavy atom. The summed E-state index contributed by atoms with van der Waals surface area (Å²) < 4.78 is 0.825. The first kappa shape index (κ1) is 18.1. The second-order valence-electron chi connectivity index (χ2n) is 6.09. The topological polar surface area (TPSA) is 83.7 Å². The van der Waals surface area contributed by atoms with Crippen LogP contribution in [0.4, 0.5) is 11.6 Å². The molecule has 8 heteroatoms. The molecule has 2 aromatic heterocycles. The van der Waals surface area contributed by atoms with Gasteiger partial charge in [0.25, 0.3) is 0 Å². The zero-order chi connectivity index (χ0) is 18.7. The fourth-order valence-corrected chi connectivity index (χ4v) is 3.91. The van der Waals surface area contributed by atoms with Crippen LogP contribution in [0.15, 0.2) is 39.0 Å². The van der Waals surface area contributed by atoms with Gasteiger partial charge in [-0.3, -0.25) is 4.99 Å². The highest BCUT2D eigenvalue weighted by Gasteiger charge is 2.30. The first-order valence-corrected chi connectivity index (χ1v) is 9.03. The van der Waals surface area contributed by atoms with Crippen LogP contribution in [0.5, 0.6) is 0 Å². The van der Waals surface area contributed by atoms with E-state index < -0.39 is 0 Å². The summed E-state index contributed by atoms with van der Waals surface area (Å²) in [7, 11) is 3.83. The second-order valence-corrected chi connectivity index (χ2v) is 6.94. The molecule has 0 aromatic carbocycles. The first-order chi connectivity index (χ1) is 12.6. The maximum Gasteiger partial charge on any atom is 0.143 e. The number of nitriles is 1. The lowest BCUT2D eigenvalue weighted by Crippen LogP contribution is -2.37. The summed E-state index contributed by atoms with van der Waals surface area (Å²) in [5, 5.41) is 9.00. The fraction of sp³-hybridized carbons (Fsp3) is 0.333. The van der Waals surface area contributed by atoms with Crippen LogP contribution in [0.1, 0.15) is 17.5 Å². The summed E-state index contributed by atoms with van der Waals surface area (Å²) in [5.41, 5.74) is 1.50. The number of aromatic nitrogens is 2. The van der Waals surface area contributed by atoms with Crippen molar-refractivity contribution in [1.29, 1.82) is 5.26 Å². The van der Waals surface area contributed by atoms with Crippen molar-refractivity contribution in [3.8, 4) is 6.07 Å². The zero-order valence-corrected chi connectivity index (χ0v) is 16.4. The van der Waals surface area contributed by atoms with E-state index in [9.17, 15) is 0 Å². The van der Waals surface area contributed by atoms with Gasteiger partial charge < -0.3 is 14.8 Å². The molecule has 7 nitrogen and oxygen atoms in total. The average Bonchev–Trinajstić information content (AvgIpc) is 3.31. The van der Waals surface area contributed by atoms with Crippen LogP contribution in [0.2, 0.25) is 0 Å². The molecule has 1 N–H and O–H groups in total. The van der Waals surface area contributed by atoms with Gasteiger partial charge in [-0.05, 0) is 41.2 Å². The minimum absolute atomic E-state index is 0.294. The zero-order valence-electron chi connectivity index (χ0n) is 14.8. The number of amidine groups is 1. The highest BCUT2D eigenvalue weighted by Crippen LogP contribution is 2.29. The van der Waals surface area contributed by atoms with E-state index in [2.05, 4.69) is 58.5 Å². The first-order valence-electron chi connectivity index (χ1n) is 8.23. The fourth-order valence-electron chi connectivity index (χ4n) is 3.28. The van der Waals surface area contributed by atoms with Crippen molar-refractivity contribution < 1.29 is 0 Å². The van der Waals surface area contributed by atoms with Crippen molar-refractivity contribution in [2.24, 2.45) is 9.98 Å². The summed E-state index contributed by atoms with van der Waals surface area (Å²) in [4.78, 5) is 20.5. The number of aliphatic imine (C=N–C) groups is 2. The molecule has 1 aliphatic rings. The number of anilines is 1. The van der Waals surface area contributed by atoms with Gasteiger partial charge in [0.2, 0.25) is 0 Å². The minimum atomic E-state index is 0.294. The molecule has 0 aliphatic carbocycles. The quantitative estimate of drug-likeness (QED) is 0.616. The molecule has 1 atom stereocenters. The van der Waals surface area contributed by atoms with Gasteiger partial charge in [0.05, 0.1) is 15.6 Å². The summed E-state index contributed by atoms with van der Waals surface area (Å²) >= 11 is 3.53. The van der Waals surface area contributed by atoms with Crippen molar-refractivity contribution in [2.45, 2.75) is 12.5 Å². The van der Waals surface area contributed by atoms with Gasteiger partial charge in [-0.15, -0.1) is 0 Å². The molecule has 0 bridgehead atoms. The van der Waals surface area contributed by atoms with Crippen LogP contribution in [0.3, 0.4) is 0 Å². The predicted molar refractivity (Wildman–Crippen MR) is 107 cm³/mol. The van der Waals surface area contributed by atoms with Crippen LogP contribution in [0.25, 0.3) is 0 Å². The van der Waals surface area contributed by atoms with Crippen LogP contribution in [-0.2, 0) is 0 Å². The third-order valence-electron chi connectivity index (χ3n) is 4.63. The normalized spacial score (nSPS) is 17.2. The highest BCUT2D eigenvalue weighted by molar-refractivity contribution is 9.10. The van der Waals surface area contributed by atoms with Crippen molar-refractivity contribution in [3.05, 3.63) is 40.1 Å². The molecule has 0 spiro atoms. The Labute approximate surface area is 161 Å². The highest BCUT2D eigenvalue weighted by atomic mass is 79.9. The van der Waals surface area contributed by atoms with Gasteiger partial charge in [0.1, 0.15) is 23.5 Å². The smallest absolute Gasteiger partial charge is 0.143 e. The van der Waals surface area contributed by atoms with E-state index in [-0.39, 0.29) is 0 Å². The van der Waals surface area contributed by atoms with Crippen LogP contribution < -0.4 is 4.90 Å². The second kappa shape index (κ2) is 7.70. The van der Waals surface area contributed by atoms with E-state index >= 15 is 0 Å². The molecule has 0 unspecified atom stereocenters. The minimum Gasteiger partial charge on any atom is -0.354 e. The summed E-state index contributed by atoms with van der Waals surface area (Å²) in [6, 6.07) is 6.17. The van der Waals surface area contributed by atoms with Gasteiger partial charge in [0, 0.05) is 45.6 Å². The maximum absolute atomic E-state index is 9.00. The molecule has 3 heterocycles. The lowest BCUT2D eigenvalue weighted by molar-refractivity contribution is 0.505. The van der Waals surface area contributed by atoms with Gasteiger partial charge in [-0.25, -0.2) is 9.98 Å². The Kier molecular flexibility index (Phi) is 5.38. The number of likely N-dealkylation sites (N-methyl/N-ethyl adjacent to an activating group) is 1. The van der Waals surface area contributed by atoms with Gasteiger partial charge in [-0.1, -0.05) is 0 Å². The molecule has 0 radical (unpaired) electrons. The molecule has 1 fully saturated rings. The SMILES string of the molecule is C=Nc1[nH]ccc1C(=NC)N1CC[C@@H](N(C)c2ncc(C#N)cc2Br)C1. The largest absolute Gasteiger partial charge is 0.354 e. The average molecular weight is 414 g/mol. The Morgan fingerprint density at radius 1 is 1.58 bits per heavy atom. The lowest BCUT2D eigenvalue weighted by atomic mass is 10.2. The number of hydrogen-bond donors (Lipinski definition) is 1. The van der Waals surface area contributed by atoms with Crippen LogP contribution in [-0.4, -0.2) is 60.6 Å². The number of nitrogens with one attached hydrogen (secondary N) is 1. The molecule has 2 aromatic rings. The van der Waals surface area contributed by atoms with E-state index in [1.165, 1.54) is 0 Å². The third kappa shape index (κ3) is 3.35. The summed E-state index contributed by atoms with van der Waals surface area (Å²) in [6.45, 7) is 5.35. The molecule has 26 heavy (non-hydrogen) atoms. The number of rotatable bonds is 4. The van der Waals surface area contributed by atoms with E-state index in [0.717, 1.165) is 47.0 Å². The van der Waals surface area contributed by atoms with Crippen molar-refractivity contribution >= 4 is 40.1 Å². The number of nitrogens with zero attached hydrogens (tertiary/aromatic N) is 6. The molecule has 1 saturated heterocycles. The molecular formula is C18H20BrN7. The number of H-pyrrole nitrogens is 1. The van der Waals surface area contributed by atoms with E-state index in [1.807, 2.05) is 19.3 Å². The van der Waals surface area contributed by atoms with Gasteiger partial charge in [0.15, 0.2) is 0 Å². The molecular weight excluding hydrogens is 394 g/mol. The number of aromatic amines is 1. The van der Waals surface area contributed by atoms with E-state index in [4.69, 9.17) is 5.26 Å². The Balaban J connectivity index is 1.78. The predicted octanol–water partition coefficient (Wildman–Crippen LogP) is 2.96. The molecule has 1 aliphatic heterocycles. The van der Waals surface area contributed by atoms with Crippen molar-refractivity contribution in [2.75, 3.05) is 32.1 Å². The Bertz CT molecular complexity index is 880. The third-order valence-corrected chi connectivity index (χ3v) is 5.22. The van der Waals surface area contributed by atoms with Gasteiger partial charge in [-0.2, -0.15) is 5.26 Å². The number of pyridine rings is 1. The van der Waals surface area contributed by atoms with Crippen LogP contribution >= 0.6 is 15.9 Å². The lowest BCUT2D eigenvalue weighted by Gasteiger charge is -2.27. The monoisotopic (exact) mass is 413 g/mol. The number of halogens is 1. The Hall–Kier alpha value is -2.66. The summed E-state index contributed by atoms with van der Waals surface area (Å²) in [5.74, 6) is 2.48. The van der Waals surface area contributed by atoms with Gasteiger partial charge >= 0.3 is 0 Å². The van der Waals surface area contributed by atoms with E-state index in [1.54, 1.807) is 19.3 Å². The number of likely N-dealkylation sites (tertiary alicyclic amines) is 1. The summed E-state index contributed by atoms with van der Waals surface area (Å²) in [6.07, 6.45) is 4.44. The Morgan fingerprint density at radius 3 is 3.04 bits per heavy atom. The number of hydrogen-bond acceptors (Lipinski definition) is 5. The molecule has 3 rings (SSSR count). The maximum atomic E-state index is 9.00. The molecule has 0 saturated carbocycles. The standard InChI is InChI=1S/C18H20BrN7/c1-21-16-14(4-6-23-16)17(22-2)26-7-5-13(11-26)25(3)18-15(19)8-12(9-20)10-24-18/h4,6,8,10,13,23H,1,5,7,11H2,2-3H3/t13-/m1/s1. The molecule has 0 amide bonds. The van der Waals surface area contributed by atoms with Crippen molar-refractivity contribution in [1.82, 2.24) is 14.9 Å².